The third-order valence-electron chi connectivity index (χ3n) is 6.01. The Kier molecular flexibility index (Phi) is 7.26. The van der Waals surface area contributed by atoms with Crippen LogP contribution in [0.4, 0.5) is 5.13 Å². The van der Waals surface area contributed by atoms with Gasteiger partial charge in [-0.2, -0.15) is 0 Å². The maximum absolute atomic E-state index is 13.4. The number of hydrogen-bond donors (Lipinski definition) is 1. The minimum atomic E-state index is -0.953. The molecule has 0 spiro atoms. The maximum Gasteiger partial charge on any atom is 0.350 e. The first-order chi connectivity index (χ1) is 17.7. The van der Waals surface area contributed by atoms with Crippen molar-refractivity contribution in [3.8, 4) is 5.75 Å². The largest absolute Gasteiger partial charge is 0.507 e. The highest BCUT2D eigenvalue weighted by atomic mass is 32.1. The van der Waals surface area contributed by atoms with Gasteiger partial charge in [-0.15, -0.1) is 0 Å². The number of aryl methyl sites for hydroxylation is 3. The normalized spacial score (nSPS) is 16.6. The molecule has 190 valence electrons. The number of benzene rings is 2. The van der Waals surface area contributed by atoms with Crippen molar-refractivity contribution in [1.82, 2.24) is 4.98 Å². The molecule has 8 nitrogen and oxygen atoms in total. The molecule has 3 aromatic rings. The molecule has 37 heavy (non-hydrogen) atoms. The van der Waals surface area contributed by atoms with Crippen LogP contribution in [0.3, 0.4) is 0 Å². The Bertz CT molecular complexity index is 1440. The fourth-order valence-corrected chi connectivity index (χ4v) is 5.14. The number of amides is 1. The topological polar surface area (TPSA) is 106 Å². The molecular weight excluding hydrogens is 492 g/mol. The number of anilines is 1. The van der Waals surface area contributed by atoms with Crippen molar-refractivity contribution in [1.29, 1.82) is 0 Å². The molecule has 1 N–H and O–H groups in total. The van der Waals surface area contributed by atoms with E-state index >= 15 is 0 Å². The molecule has 0 bridgehead atoms. The number of ketones is 1. The van der Waals surface area contributed by atoms with Gasteiger partial charge in [-0.05, 0) is 50.1 Å². The van der Waals surface area contributed by atoms with E-state index in [2.05, 4.69) is 11.6 Å². The van der Waals surface area contributed by atoms with E-state index in [0.29, 0.717) is 22.6 Å². The summed E-state index contributed by atoms with van der Waals surface area (Å²) < 4.78 is 10.4. The molecule has 2 aromatic carbocycles. The smallest absolute Gasteiger partial charge is 0.350 e. The molecule has 1 saturated heterocycles. The predicted octanol–water partition coefficient (Wildman–Crippen LogP) is 5.05. The van der Waals surface area contributed by atoms with Gasteiger partial charge in [0.1, 0.15) is 23.0 Å². The van der Waals surface area contributed by atoms with Gasteiger partial charge < -0.3 is 14.6 Å². The van der Waals surface area contributed by atoms with E-state index in [0.717, 1.165) is 22.5 Å². The summed E-state index contributed by atoms with van der Waals surface area (Å²) in [5.74, 6) is -1.98. The van der Waals surface area contributed by atoms with Crippen LogP contribution in [0.1, 0.15) is 43.7 Å². The first kappa shape index (κ1) is 25.8. The third-order valence-corrected chi connectivity index (χ3v) is 7.15. The van der Waals surface area contributed by atoms with E-state index in [4.69, 9.17) is 9.47 Å². The molecule has 9 heteroatoms. The van der Waals surface area contributed by atoms with Gasteiger partial charge in [-0.25, -0.2) is 9.78 Å². The molecule has 1 atom stereocenters. The van der Waals surface area contributed by atoms with Crippen molar-refractivity contribution >= 4 is 39.9 Å². The van der Waals surface area contributed by atoms with Gasteiger partial charge in [-0.3, -0.25) is 14.5 Å². The predicted molar refractivity (Wildman–Crippen MR) is 141 cm³/mol. The number of carbonyl (C=O) groups excluding carboxylic acids is 3. The zero-order chi connectivity index (χ0) is 26.9. The van der Waals surface area contributed by atoms with E-state index in [-0.39, 0.29) is 27.9 Å². The zero-order valence-corrected chi connectivity index (χ0v) is 21.7. The summed E-state index contributed by atoms with van der Waals surface area (Å²) in [6, 6.07) is 11.4. The Morgan fingerprint density at radius 1 is 1.16 bits per heavy atom. The summed E-state index contributed by atoms with van der Waals surface area (Å²) in [6.45, 7) is 8.93. The summed E-state index contributed by atoms with van der Waals surface area (Å²) in [5.41, 5.74) is 3.03. The van der Waals surface area contributed by atoms with Gasteiger partial charge in [0.25, 0.3) is 5.78 Å². The van der Waals surface area contributed by atoms with Crippen LogP contribution in [0.2, 0.25) is 0 Å². The Morgan fingerprint density at radius 3 is 2.49 bits per heavy atom. The van der Waals surface area contributed by atoms with Gasteiger partial charge in [0, 0.05) is 5.56 Å². The molecule has 2 heterocycles. The van der Waals surface area contributed by atoms with Crippen LogP contribution >= 0.6 is 11.3 Å². The molecule has 0 radical (unpaired) electrons. The quantitative estimate of drug-likeness (QED) is 0.153. The lowest BCUT2D eigenvalue weighted by Gasteiger charge is -2.23. The molecule has 0 saturated carbocycles. The van der Waals surface area contributed by atoms with Crippen molar-refractivity contribution in [2.75, 3.05) is 18.6 Å². The fraction of sp³-hybridized carbons (Fsp3) is 0.214. The van der Waals surface area contributed by atoms with Crippen molar-refractivity contribution in [2.24, 2.45) is 0 Å². The van der Waals surface area contributed by atoms with Gasteiger partial charge in [0.15, 0.2) is 5.13 Å². The summed E-state index contributed by atoms with van der Waals surface area (Å²) in [6.07, 6.45) is 1.45. The molecule has 0 unspecified atom stereocenters. The van der Waals surface area contributed by atoms with Crippen LogP contribution < -0.4 is 9.64 Å². The van der Waals surface area contributed by atoms with E-state index in [1.54, 1.807) is 44.4 Å². The lowest BCUT2D eigenvalue weighted by atomic mass is 9.94. The number of esters is 1. The number of aliphatic hydroxyl groups excluding tert-OH is 1. The van der Waals surface area contributed by atoms with E-state index < -0.39 is 23.7 Å². The maximum atomic E-state index is 13.4. The average molecular weight is 519 g/mol. The van der Waals surface area contributed by atoms with Gasteiger partial charge in [-0.1, -0.05) is 53.8 Å². The minimum Gasteiger partial charge on any atom is -0.507 e. The fourth-order valence-electron chi connectivity index (χ4n) is 4.15. The number of thiazole rings is 1. The number of carbonyl (C=O) groups is 3. The van der Waals surface area contributed by atoms with Gasteiger partial charge in [0.2, 0.25) is 0 Å². The van der Waals surface area contributed by atoms with Crippen molar-refractivity contribution < 1.29 is 29.0 Å². The second-order valence-corrected chi connectivity index (χ2v) is 9.54. The number of aromatic nitrogens is 1. The molecule has 1 aliphatic rings. The second-order valence-electron chi connectivity index (χ2n) is 8.56. The van der Waals surface area contributed by atoms with Crippen LogP contribution in [0.25, 0.3) is 5.76 Å². The summed E-state index contributed by atoms with van der Waals surface area (Å²) in [7, 11) is 1.54. The van der Waals surface area contributed by atoms with E-state index in [1.807, 2.05) is 26.0 Å². The number of aliphatic hydroxyl groups is 1. The molecule has 1 amide bonds. The van der Waals surface area contributed by atoms with Crippen LogP contribution in [0.5, 0.6) is 5.75 Å². The van der Waals surface area contributed by atoms with E-state index in [9.17, 15) is 19.5 Å². The molecule has 1 aromatic heterocycles. The number of rotatable bonds is 7. The Balaban J connectivity index is 1.88. The van der Waals surface area contributed by atoms with Crippen LogP contribution in [-0.2, 0) is 14.3 Å². The Labute approximate surface area is 218 Å². The number of nitrogens with zero attached hydrogens (tertiary/aromatic N) is 2. The zero-order valence-electron chi connectivity index (χ0n) is 20.9. The molecule has 4 rings (SSSR count). The van der Waals surface area contributed by atoms with Gasteiger partial charge in [0.05, 0.1) is 24.4 Å². The first-order valence-corrected chi connectivity index (χ1v) is 12.3. The van der Waals surface area contributed by atoms with E-state index in [1.165, 1.54) is 11.0 Å². The van der Waals surface area contributed by atoms with Crippen molar-refractivity contribution in [3.63, 3.8) is 0 Å². The van der Waals surface area contributed by atoms with Crippen molar-refractivity contribution in [3.05, 3.63) is 93.5 Å². The molecule has 1 fully saturated rings. The molecular formula is C28H26N2O6S. The lowest BCUT2D eigenvalue weighted by Crippen LogP contribution is -2.29. The SMILES string of the molecule is C=CCOC(=O)c1sc(N2C(=O)C(=O)/C(=C(/O)c3ccc(OC)c(C)c3)[C@@H]2c2ccc(C)cc2)nc1C. The summed E-state index contributed by atoms with van der Waals surface area (Å²) in [4.78, 5) is 45.1. The van der Waals surface area contributed by atoms with Crippen LogP contribution in [-0.4, -0.2) is 41.5 Å². The number of Topliss-reactive ketones (excluding diaryl/α,β-unsaturated/α-hetero) is 1. The second kappa shape index (κ2) is 10.4. The number of hydrogen-bond acceptors (Lipinski definition) is 8. The highest BCUT2D eigenvalue weighted by Crippen LogP contribution is 2.44. The number of methoxy groups -OCH3 is 1. The van der Waals surface area contributed by atoms with Crippen LogP contribution in [0.15, 0.2) is 60.7 Å². The standard InChI is InChI=1S/C28H26N2O6S/c1-6-13-36-27(34)25-17(4)29-28(37-25)30-22(18-9-7-15(2)8-10-18)21(24(32)26(30)33)23(31)19-11-12-20(35-5)16(3)14-19/h6-12,14,22,31H,1,13H2,2-5H3/b23-21+/t22-/m0/s1. The molecule has 1 aliphatic heterocycles. The highest BCUT2D eigenvalue weighted by molar-refractivity contribution is 7.17. The lowest BCUT2D eigenvalue weighted by molar-refractivity contribution is -0.132. The summed E-state index contributed by atoms with van der Waals surface area (Å²) >= 11 is 0.952. The van der Waals surface area contributed by atoms with Crippen molar-refractivity contribution in [2.45, 2.75) is 26.8 Å². The monoisotopic (exact) mass is 518 g/mol. The average Bonchev–Trinajstić information content (AvgIpc) is 3.39. The minimum absolute atomic E-state index is 0.0284. The summed E-state index contributed by atoms with van der Waals surface area (Å²) in [5, 5.41) is 11.5. The third kappa shape index (κ3) is 4.77. The highest BCUT2D eigenvalue weighted by Gasteiger charge is 2.48. The van der Waals surface area contributed by atoms with Crippen LogP contribution in [0, 0.1) is 20.8 Å². The number of ether oxygens (including phenoxy) is 2. The Morgan fingerprint density at radius 2 is 1.86 bits per heavy atom. The molecule has 0 aliphatic carbocycles. The Hall–Kier alpha value is -4.24. The van der Waals surface area contributed by atoms with Gasteiger partial charge >= 0.3 is 11.9 Å². The first-order valence-electron chi connectivity index (χ1n) is 11.5.